The van der Waals surface area contributed by atoms with Crippen LogP contribution in [0.4, 0.5) is 5.69 Å². The summed E-state index contributed by atoms with van der Waals surface area (Å²) in [5.74, 6) is -0.316. The average molecular weight is 391 g/mol. The van der Waals surface area contributed by atoms with Crippen molar-refractivity contribution in [2.75, 3.05) is 11.1 Å². The second-order valence-electron chi connectivity index (χ2n) is 6.26. The molecule has 0 heterocycles. The topological polar surface area (TPSA) is 55.4 Å². The largest absolute Gasteiger partial charge is 0.457 e. The zero-order valence-electron chi connectivity index (χ0n) is 15.6. The maximum Gasteiger partial charge on any atom is 0.339 e. The maximum atomic E-state index is 12.5. The van der Waals surface area contributed by atoms with Gasteiger partial charge < -0.3 is 10.1 Å². The Morgan fingerprint density at radius 3 is 2.32 bits per heavy atom. The highest BCUT2D eigenvalue weighted by Gasteiger charge is 2.14. The minimum absolute atomic E-state index is 0.124. The minimum atomic E-state index is -0.397. The number of carbonyl (C=O) groups is 2. The third-order valence-corrected chi connectivity index (χ3v) is 5.09. The Hall–Kier alpha value is -3.05. The SMILES string of the molecule is Cc1ccc(NC(=O)CSc2ccccc2C(=O)OCc2ccccc2)cc1. The van der Waals surface area contributed by atoms with Crippen molar-refractivity contribution in [2.45, 2.75) is 18.4 Å². The van der Waals surface area contributed by atoms with Crippen molar-refractivity contribution < 1.29 is 14.3 Å². The van der Waals surface area contributed by atoms with E-state index in [1.54, 1.807) is 12.1 Å². The van der Waals surface area contributed by atoms with Crippen LogP contribution < -0.4 is 5.32 Å². The number of anilines is 1. The van der Waals surface area contributed by atoms with Crippen LogP contribution in [0, 0.1) is 6.92 Å². The number of amides is 1. The molecule has 5 heteroatoms. The van der Waals surface area contributed by atoms with Gasteiger partial charge in [0.2, 0.25) is 5.91 Å². The molecule has 0 atom stereocenters. The van der Waals surface area contributed by atoms with E-state index in [1.165, 1.54) is 11.8 Å². The number of hydrogen-bond donors (Lipinski definition) is 1. The van der Waals surface area contributed by atoms with E-state index in [4.69, 9.17) is 4.74 Å². The molecule has 0 aromatic heterocycles. The summed E-state index contributed by atoms with van der Waals surface area (Å²) in [6.45, 7) is 2.21. The summed E-state index contributed by atoms with van der Waals surface area (Å²) < 4.78 is 5.42. The van der Waals surface area contributed by atoms with E-state index in [0.717, 1.165) is 21.7 Å². The lowest BCUT2D eigenvalue weighted by atomic mass is 10.2. The number of carbonyl (C=O) groups excluding carboxylic acids is 2. The van der Waals surface area contributed by atoms with Gasteiger partial charge in [-0.1, -0.05) is 60.2 Å². The standard InChI is InChI=1S/C23H21NO3S/c1-17-11-13-19(14-12-17)24-22(25)16-28-21-10-6-5-9-20(21)23(26)27-15-18-7-3-2-4-8-18/h2-14H,15-16H2,1H3,(H,24,25). The van der Waals surface area contributed by atoms with Gasteiger partial charge in [0, 0.05) is 10.6 Å². The predicted octanol–water partition coefficient (Wildman–Crippen LogP) is 5.08. The summed E-state index contributed by atoms with van der Waals surface area (Å²) in [6.07, 6.45) is 0. The zero-order chi connectivity index (χ0) is 19.8. The second kappa shape index (κ2) is 9.76. The van der Waals surface area contributed by atoms with E-state index in [2.05, 4.69) is 5.32 Å². The molecule has 0 unspecified atom stereocenters. The summed E-state index contributed by atoms with van der Waals surface area (Å²) in [5.41, 5.74) is 3.28. The monoisotopic (exact) mass is 391 g/mol. The number of hydrogen-bond acceptors (Lipinski definition) is 4. The number of thioether (sulfide) groups is 1. The molecule has 3 aromatic rings. The Balaban J connectivity index is 1.57. The highest BCUT2D eigenvalue weighted by Crippen LogP contribution is 2.24. The summed E-state index contributed by atoms with van der Waals surface area (Å²) in [6, 6.07) is 24.3. The van der Waals surface area contributed by atoms with E-state index in [1.807, 2.05) is 73.7 Å². The van der Waals surface area contributed by atoms with E-state index >= 15 is 0 Å². The fourth-order valence-electron chi connectivity index (χ4n) is 2.54. The molecule has 0 bridgehead atoms. The quantitative estimate of drug-likeness (QED) is 0.451. The molecule has 0 fully saturated rings. The molecule has 0 radical (unpaired) electrons. The Kier molecular flexibility index (Phi) is 6.87. The fraction of sp³-hybridized carbons (Fsp3) is 0.130. The van der Waals surface area contributed by atoms with Gasteiger partial charge in [0.1, 0.15) is 6.61 Å². The van der Waals surface area contributed by atoms with Crippen molar-refractivity contribution in [3.8, 4) is 0 Å². The molecular weight excluding hydrogens is 370 g/mol. The average Bonchev–Trinajstić information content (AvgIpc) is 2.73. The van der Waals surface area contributed by atoms with E-state index < -0.39 is 5.97 Å². The van der Waals surface area contributed by atoms with Crippen molar-refractivity contribution in [1.29, 1.82) is 0 Å². The molecule has 0 saturated carbocycles. The van der Waals surface area contributed by atoms with Crippen LogP contribution in [0.15, 0.2) is 83.8 Å². The first-order valence-corrected chi connectivity index (χ1v) is 9.90. The first-order valence-electron chi connectivity index (χ1n) is 8.91. The lowest BCUT2D eigenvalue weighted by Crippen LogP contribution is -2.14. The Morgan fingerprint density at radius 2 is 1.57 bits per heavy atom. The number of esters is 1. The molecule has 0 aliphatic heterocycles. The number of nitrogens with one attached hydrogen (secondary N) is 1. The molecule has 0 aliphatic carbocycles. The van der Waals surface area contributed by atoms with Gasteiger partial charge in [0.15, 0.2) is 0 Å². The van der Waals surface area contributed by atoms with Gasteiger partial charge in [-0.25, -0.2) is 4.79 Å². The third kappa shape index (κ3) is 5.72. The van der Waals surface area contributed by atoms with Gasteiger partial charge in [-0.2, -0.15) is 0 Å². The number of ether oxygens (including phenoxy) is 1. The first-order chi connectivity index (χ1) is 13.6. The zero-order valence-corrected chi connectivity index (χ0v) is 16.4. The molecule has 4 nitrogen and oxygen atoms in total. The van der Waals surface area contributed by atoms with Gasteiger partial charge in [-0.05, 0) is 36.8 Å². The Labute approximate surface area is 168 Å². The molecule has 0 spiro atoms. The minimum Gasteiger partial charge on any atom is -0.457 e. The van der Waals surface area contributed by atoms with E-state index in [9.17, 15) is 9.59 Å². The maximum absolute atomic E-state index is 12.5. The van der Waals surface area contributed by atoms with Crippen LogP contribution in [0.3, 0.4) is 0 Å². The number of benzene rings is 3. The van der Waals surface area contributed by atoms with Crippen molar-refractivity contribution >= 4 is 29.3 Å². The first kappa shape index (κ1) is 19.7. The summed E-state index contributed by atoms with van der Waals surface area (Å²) >= 11 is 1.31. The predicted molar refractivity (Wildman–Crippen MR) is 113 cm³/mol. The second-order valence-corrected chi connectivity index (χ2v) is 7.28. The van der Waals surface area contributed by atoms with Crippen LogP contribution in [0.1, 0.15) is 21.5 Å². The van der Waals surface area contributed by atoms with Gasteiger partial charge in [0.05, 0.1) is 11.3 Å². The van der Waals surface area contributed by atoms with Crippen LogP contribution >= 0.6 is 11.8 Å². The lowest BCUT2D eigenvalue weighted by Gasteiger charge is -2.10. The van der Waals surface area contributed by atoms with E-state index in [0.29, 0.717) is 5.56 Å². The van der Waals surface area contributed by atoms with Crippen molar-refractivity contribution in [3.05, 3.63) is 95.6 Å². The van der Waals surface area contributed by atoms with Crippen LogP contribution in [0.2, 0.25) is 0 Å². The van der Waals surface area contributed by atoms with Gasteiger partial charge in [0.25, 0.3) is 0 Å². The summed E-state index contributed by atoms with van der Waals surface area (Å²) in [5, 5.41) is 2.86. The molecule has 0 saturated heterocycles. The van der Waals surface area contributed by atoms with E-state index in [-0.39, 0.29) is 18.3 Å². The smallest absolute Gasteiger partial charge is 0.339 e. The van der Waals surface area contributed by atoms with Crippen molar-refractivity contribution in [1.82, 2.24) is 0 Å². The third-order valence-electron chi connectivity index (χ3n) is 4.01. The molecule has 3 rings (SSSR count). The van der Waals surface area contributed by atoms with Crippen LogP contribution in [-0.4, -0.2) is 17.6 Å². The van der Waals surface area contributed by atoms with Gasteiger partial charge in [-0.15, -0.1) is 11.8 Å². The normalized spacial score (nSPS) is 10.3. The molecule has 0 aliphatic rings. The van der Waals surface area contributed by atoms with Crippen LogP contribution in [-0.2, 0) is 16.1 Å². The van der Waals surface area contributed by atoms with Crippen LogP contribution in [0.25, 0.3) is 0 Å². The molecule has 3 aromatic carbocycles. The molecule has 1 amide bonds. The van der Waals surface area contributed by atoms with Crippen molar-refractivity contribution in [2.24, 2.45) is 0 Å². The van der Waals surface area contributed by atoms with Crippen molar-refractivity contribution in [3.63, 3.8) is 0 Å². The highest BCUT2D eigenvalue weighted by molar-refractivity contribution is 8.00. The fourth-order valence-corrected chi connectivity index (χ4v) is 3.38. The van der Waals surface area contributed by atoms with Gasteiger partial charge in [-0.3, -0.25) is 4.79 Å². The Bertz CT molecular complexity index is 940. The molecular formula is C23H21NO3S. The molecule has 28 heavy (non-hydrogen) atoms. The number of rotatable bonds is 7. The van der Waals surface area contributed by atoms with Gasteiger partial charge >= 0.3 is 5.97 Å². The number of aryl methyl sites for hydroxylation is 1. The summed E-state index contributed by atoms with van der Waals surface area (Å²) in [4.78, 5) is 25.4. The molecule has 1 N–H and O–H groups in total. The molecule has 142 valence electrons. The lowest BCUT2D eigenvalue weighted by molar-refractivity contribution is -0.113. The van der Waals surface area contributed by atoms with Crippen LogP contribution in [0.5, 0.6) is 0 Å². The summed E-state index contributed by atoms with van der Waals surface area (Å²) in [7, 11) is 0. The highest BCUT2D eigenvalue weighted by atomic mass is 32.2. The Morgan fingerprint density at radius 1 is 0.893 bits per heavy atom.